The Hall–Kier alpha value is -2.19. The van der Waals surface area contributed by atoms with Gasteiger partial charge in [-0.15, -0.1) is 0 Å². The maximum absolute atomic E-state index is 13.8. The van der Waals surface area contributed by atoms with E-state index in [1.807, 2.05) is 0 Å². The lowest BCUT2D eigenvalue weighted by atomic mass is 10.2. The van der Waals surface area contributed by atoms with Crippen LogP contribution >= 0.6 is 0 Å². The first kappa shape index (κ1) is 14.9. The quantitative estimate of drug-likeness (QED) is 0.413. The summed E-state index contributed by atoms with van der Waals surface area (Å²) in [5.74, 6) is -0.924. The minimum atomic E-state index is -0.784. The van der Waals surface area contributed by atoms with E-state index in [0.717, 1.165) is 0 Å². The molecule has 0 amide bonds. The third-order valence-electron chi connectivity index (χ3n) is 2.15. The van der Waals surface area contributed by atoms with Gasteiger partial charge in [0.05, 0.1) is 5.69 Å². The van der Waals surface area contributed by atoms with Crippen LogP contribution in [0.1, 0.15) is 11.9 Å². The van der Waals surface area contributed by atoms with E-state index in [-0.39, 0.29) is 23.2 Å². The molecule has 1 aromatic carbocycles. The minimum Gasteiger partial charge on any atom is -0.370 e. The Morgan fingerprint density at radius 1 is 1.21 bits per heavy atom. The summed E-state index contributed by atoms with van der Waals surface area (Å²) in [5.41, 5.74) is 16.2. The van der Waals surface area contributed by atoms with Crippen LogP contribution in [0.2, 0.25) is 0 Å². The second-order valence-corrected chi connectivity index (χ2v) is 3.52. The van der Waals surface area contributed by atoms with Gasteiger partial charge in [-0.05, 0) is 12.1 Å². The smallest absolute Gasteiger partial charge is 0.223 e. The molecule has 0 radical (unpaired) electrons. The van der Waals surface area contributed by atoms with Gasteiger partial charge in [-0.3, -0.25) is 0 Å². The molecule has 104 valence electrons. The lowest BCUT2D eigenvalue weighted by Gasteiger charge is -2.14. The molecule has 6 N–H and O–H groups in total. The summed E-state index contributed by atoms with van der Waals surface area (Å²) >= 11 is 0. The molecule has 0 bridgehead atoms. The fourth-order valence-corrected chi connectivity index (χ4v) is 1.42. The van der Waals surface area contributed by atoms with E-state index in [1.54, 1.807) is 6.07 Å². The summed E-state index contributed by atoms with van der Waals surface area (Å²) < 4.78 is 23.8. The molecule has 0 unspecified atom stereocenters. The van der Waals surface area contributed by atoms with Crippen LogP contribution in [0, 0.1) is 5.82 Å². The van der Waals surface area contributed by atoms with Crippen molar-refractivity contribution in [1.29, 1.82) is 0 Å². The van der Waals surface area contributed by atoms with E-state index >= 15 is 0 Å². The number of methoxy groups -OCH3 is 2. The highest BCUT2D eigenvalue weighted by molar-refractivity contribution is 5.93. The number of benzene rings is 1. The molecular weight excluding hydrogens is 253 g/mol. The number of nitrogens with two attached hydrogens (primary N) is 3. The second-order valence-electron chi connectivity index (χ2n) is 3.52. The standard InChI is InChI=1S/C11H16FN5O2/c1-18-9(19-2)7-4-3-6(5-8(7)12)16-11(15)17-10(13)14/h3-5,9H,1-2H3,(H6,13,14,15,16,17). The number of rotatable bonds is 4. The van der Waals surface area contributed by atoms with Gasteiger partial charge >= 0.3 is 0 Å². The van der Waals surface area contributed by atoms with Gasteiger partial charge < -0.3 is 26.7 Å². The molecule has 0 heterocycles. The minimum absolute atomic E-state index is 0.165. The SMILES string of the molecule is COC(OC)c1ccc(N=C(N)N=C(N)N)cc1F. The van der Waals surface area contributed by atoms with Crippen molar-refractivity contribution in [3.63, 3.8) is 0 Å². The van der Waals surface area contributed by atoms with Crippen LogP contribution in [0.3, 0.4) is 0 Å². The van der Waals surface area contributed by atoms with Gasteiger partial charge in [0.1, 0.15) is 5.82 Å². The van der Waals surface area contributed by atoms with E-state index in [4.69, 9.17) is 26.7 Å². The van der Waals surface area contributed by atoms with Gasteiger partial charge in [-0.25, -0.2) is 9.38 Å². The molecule has 7 nitrogen and oxygen atoms in total. The first-order valence-electron chi connectivity index (χ1n) is 5.26. The highest BCUT2D eigenvalue weighted by Crippen LogP contribution is 2.24. The number of halogens is 1. The zero-order chi connectivity index (χ0) is 14.4. The summed E-state index contributed by atoms with van der Waals surface area (Å²) in [5, 5.41) is 0. The van der Waals surface area contributed by atoms with Crippen molar-refractivity contribution in [2.75, 3.05) is 14.2 Å². The van der Waals surface area contributed by atoms with Crippen molar-refractivity contribution in [3.8, 4) is 0 Å². The van der Waals surface area contributed by atoms with E-state index in [9.17, 15) is 4.39 Å². The summed E-state index contributed by atoms with van der Waals surface area (Å²) in [6, 6.07) is 4.20. The van der Waals surface area contributed by atoms with Gasteiger partial charge in [-0.1, -0.05) is 0 Å². The Balaban J connectivity index is 3.03. The lowest BCUT2D eigenvalue weighted by molar-refractivity contribution is -0.107. The number of hydrogen-bond acceptors (Lipinski definition) is 3. The van der Waals surface area contributed by atoms with Crippen LogP contribution in [0.5, 0.6) is 0 Å². The van der Waals surface area contributed by atoms with Gasteiger partial charge in [0, 0.05) is 25.8 Å². The van der Waals surface area contributed by atoms with Gasteiger partial charge in [0.15, 0.2) is 12.2 Å². The predicted molar refractivity (Wildman–Crippen MR) is 70.3 cm³/mol. The molecule has 0 fully saturated rings. The van der Waals surface area contributed by atoms with Crippen LogP contribution < -0.4 is 17.2 Å². The maximum atomic E-state index is 13.8. The number of nitrogens with zero attached hydrogens (tertiary/aromatic N) is 2. The number of guanidine groups is 2. The summed E-state index contributed by atoms with van der Waals surface area (Å²) in [6.45, 7) is 0. The lowest BCUT2D eigenvalue weighted by Crippen LogP contribution is -2.26. The van der Waals surface area contributed by atoms with Crippen molar-refractivity contribution < 1.29 is 13.9 Å². The summed E-state index contributed by atoms with van der Waals surface area (Å²) in [6.07, 6.45) is -0.784. The molecule has 0 spiro atoms. The Bertz CT molecular complexity index is 496. The highest BCUT2D eigenvalue weighted by Gasteiger charge is 2.14. The highest BCUT2D eigenvalue weighted by atomic mass is 19.1. The molecule has 0 atom stereocenters. The van der Waals surface area contributed by atoms with Crippen LogP contribution in [-0.4, -0.2) is 26.1 Å². The maximum Gasteiger partial charge on any atom is 0.223 e. The number of aliphatic imine (C=N–C) groups is 2. The molecule has 0 aliphatic heterocycles. The largest absolute Gasteiger partial charge is 0.370 e. The van der Waals surface area contributed by atoms with E-state index in [1.165, 1.54) is 26.4 Å². The van der Waals surface area contributed by atoms with Crippen molar-refractivity contribution in [1.82, 2.24) is 0 Å². The molecule has 0 aliphatic rings. The monoisotopic (exact) mass is 269 g/mol. The molecule has 0 aliphatic carbocycles. The zero-order valence-electron chi connectivity index (χ0n) is 10.6. The van der Waals surface area contributed by atoms with Gasteiger partial charge in [0.25, 0.3) is 0 Å². The molecule has 0 aromatic heterocycles. The number of hydrogen-bond donors (Lipinski definition) is 3. The van der Waals surface area contributed by atoms with Crippen molar-refractivity contribution >= 4 is 17.6 Å². The topological polar surface area (TPSA) is 121 Å². The Kier molecular flexibility index (Phi) is 5.22. The van der Waals surface area contributed by atoms with Crippen LogP contribution in [0.15, 0.2) is 28.2 Å². The average Bonchev–Trinajstić information content (AvgIpc) is 2.32. The van der Waals surface area contributed by atoms with Crippen LogP contribution in [-0.2, 0) is 9.47 Å². The molecule has 19 heavy (non-hydrogen) atoms. The van der Waals surface area contributed by atoms with Crippen LogP contribution in [0.4, 0.5) is 10.1 Å². The Morgan fingerprint density at radius 3 is 2.32 bits per heavy atom. The molecule has 1 aromatic rings. The van der Waals surface area contributed by atoms with Crippen molar-refractivity contribution in [2.24, 2.45) is 27.2 Å². The average molecular weight is 269 g/mol. The zero-order valence-corrected chi connectivity index (χ0v) is 10.6. The Morgan fingerprint density at radius 2 is 1.84 bits per heavy atom. The van der Waals surface area contributed by atoms with Gasteiger partial charge in [-0.2, -0.15) is 4.99 Å². The predicted octanol–water partition coefficient (Wildman–Crippen LogP) is 0.337. The fourth-order valence-electron chi connectivity index (χ4n) is 1.42. The van der Waals surface area contributed by atoms with Crippen molar-refractivity contribution in [2.45, 2.75) is 6.29 Å². The second kappa shape index (κ2) is 6.66. The Labute approximate surface area is 109 Å². The van der Waals surface area contributed by atoms with E-state index in [2.05, 4.69) is 9.98 Å². The first-order valence-corrected chi connectivity index (χ1v) is 5.26. The van der Waals surface area contributed by atoms with E-state index < -0.39 is 12.1 Å². The summed E-state index contributed by atoms with van der Waals surface area (Å²) in [7, 11) is 2.83. The van der Waals surface area contributed by atoms with E-state index in [0.29, 0.717) is 0 Å². The number of ether oxygens (including phenoxy) is 2. The molecule has 0 saturated heterocycles. The normalized spacial score (nSPS) is 11.7. The molecule has 1 rings (SSSR count). The van der Waals surface area contributed by atoms with Crippen molar-refractivity contribution in [3.05, 3.63) is 29.6 Å². The molecule has 8 heteroatoms. The summed E-state index contributed by atoms with van der Waals surface area (Å²) in [4.78, 5) is 7.36. The molecular formula is C11H16FN5O2. The third-order valence-corrected chi connectivity index (χ3v) is 2.15. The van der Waals surface area contributed by atoms with Crippen LogP contribution in [0.25, 0.3) is 0 Å². The van der Waals surface area contributed by atoms with Gasteiger partial charge in [0.2, 0.25) is 5.96 Å². The molecule has 0 saturated carbocycles. The third kappa shape index (κ3) is 4.19. The first-order chi connectivity index (χ1) is 8.97. The fraction of sp³-hybridized carbons (Fsp3) is 0.273.